The molecule has 1 aromatic heterocycles. The van der Waals surface area contributed by atoms with E-state index in [4.69, 9.17) is 4.74 Å². The smallest absolute Gasteiger partial charge is 0.416 e. The van der Waals surface area contributed by atoms with Crippen LogP contribution in [0, 0.1) is 6.92 Å². The van der Waals surface area contributed by atoms with Crippen molar-refractivity contribution in [2.45, 2.75) is 19.5 Å². The number of Topliss-reactive ketones (excluding diaryl/α,β-unsaturated/α-hetero) is 1. The molecule has 3 rings (SSSR count). The highest BCUT2D eigenvalue weighted by Gasteiger charge is 2.30. The summed E-state index contributed by atoms with van der Waals surface area (Å²) >= 11 is 0. The van der Waals surface area contributed by atoms with Crippen LogP contribution >= 0.6 is 0 Å². The van der Waals surface area contributed by atoms with E-state index in [1.54, 1.807) is 42.6 Å². The first-order valence-corrected chi connectivity index (χ1v) is 8.21. The van der Waals surface area contributed by atoms with Crippen molar-refractivity contribution < 1.29 is 22.7 Å². The van der Waals surface area contributed by atoms with Gasteiger partial charge in [0.05, 0.1) is 5.56 Å². The Hall–Kier alpha value is -3.15. The summed E-state index contributed by atoms with van der Waals surface area (Å²) in [6.07, 6.45) is -2.87. The zero-order valence-electron chi connectivity index (χ0n) is 14.5. The highest BCUT2D eigenvalue weighted by molar-refractivity contribution is 5.97. The second kappa shape index (κ2) is 7.61. The number of pyridine rings is 1. The van der Waals surface area contributed by atoms with Gasteiger partial charge in [-0.3, -0.25) is 9.78 Å². The molecule has 0 aliphatic rings. The summed E-state index contributed by atoms with van der Waals surface area (Å²) in [5.41, 5.74) is 0.656. The first kappa shape index (κ1) is 18.6. The SMILES string of the molecule is Cc1cc(Oc2cccc(CC(=O)c3cccc(C(F)(F)F)c3)c2)ccn1. The lowest BCUT2D eigenvalue weighted by Crippen LogP contribution is -2.09. The Labute approximate surface area is 154 Å². The number of hydrogen-bond donors (Lipinski definition) is 0. The van der Waals surface area contributed by atoms with E-state index in [1.807, 2.05) is 6.92 Å². The van der Waals surface area contributed by atoms with Crippen LogP contribution in [0.5, 0.6) is 11.5 Å². The summed E-state index contributed by atoms with van der Waals surface area (Å²) in [7, 11) is 0. The van der Waals surface area contributed by atoms with Gasteiger partial charge in [0, 0.05) is 29.9 Å². The standard InChI is InChI=1S/C21H16F3NO2/c1-14-10-19(8-9-25-14)27-18-7-2-4-15(11-18)12-20(26)16-5-3-6-17(13-16)21(22,23)24/h2-11,13H,12H2,1H3. The van der Waals surface area contributed by atoms with E-state index in [0.717, 1.165) is 17.8 Å². The number of ketones is 1. The number of rotatable bonds is 5. The maximum Gasteiger partial charge on any atom is 0.416 e. The molecule has 0 atom stereocenters. The third kappa shape index (κ3) is 4.94. The van der Waals surface area contributed by atoms with Crippen LogP contribution in [-0.2, 0) is 12.6 Å². The Kier molecular flexibility index (Phi) is 5.26. The van der Waals surface area contributed by atoms with Gasteiger partial charge >= 0.3 is 6.18 Å². The van der Waals surface area contributed by atoms with E-state index in [-0.39, 0.29) is 12.0 Å². The van der Waals surface area contributed by atoms with E-state index in [1.165, 1.54) is 12.1 Å². The molecule has 0 N–H and O–H groups in total. The number of hydrogen-bond acceptors (Lipinski definition) is 3. The zero-order chi connectivity index (χ0) is 19.4. The van der Waals surface area contributed by atoms with Gasteiger partial charge in [0.25, 0.3) is 0 Å². The van der Waals surface area contributed by atoms with Crippen LogP contribution in [-0.4, -0.2) is 10.8 Å². The van der Waals surface area contributed by atoms with Crippen LogP contribution in [0.1, 0.15) is 27.2 Å². The number of ether oxygens (including phenoxy) is 1. The highest BCUT2D eigenvalue weighted by Crippen LogP contribution is 2.30. The molecule has 1 heterocycles. The van der Waals surface area contributed by atoms with Crippen LogP contribution in [0.15, 0.2) is 66.9 Å². The molecule has 6 heteroatoms. The second-order valence-electron chi connectivity index (χ2n) is 6.06. The Morgan fingerprint density at radius 3 is 2.48 bits per heavy atom. The van der Waals surface area contributed by atoms with Crippen molar-refractivity contribution >= 4 is 5.78 Å². The molecular formula is C21H16F3NO2. The maximum atomic E-state index is 12.8. The lowest BCUT2D eigenvalue weighted by Gasteiger charge is -2.09. The fourth-order valence-corrected chi connectivity index (χ4v) is 2.59. The number of carbonyl (C=O) groups is 1. The van der Waals surface area contributed by atoms with Crippen molar-refractivity contribution in [3.63, 3.8) is 0 Å². The first-order valence-electron chi connectivity index (χ1n) is 8.21. The normalized spacial score (nSPS) is 11.3. The lowest BCUT2D eigenvalue weighted by atomic mass is 10.0. The molecule has 0 aliphatic heterocycles. The molecule has 0 spiro atoms. The maximum absolute atomic E-state index is 12.8. The average Bonchev–Trinajstić information content (AvgIpc) is 2.61. The second-order valence-corrected chi connectivity index (χ2v) is 6.06. The van der Waals surface area contributed by atoms with Gasteiger partial charge in [0.1, 0.15) is 11.5 Å². The molecule has 3 nitrogen and oxygen atoms in total. The Morgan fingerprint density at radius 2 is 1.74 bits per heavy atom. The number of aryl methyl sites for hydroxylation is 1. The molecule has 0 unspecified atom stereocenters. The minimum atomic E-state index is -4.48. The fourth-order valence-electron chi connectivity index (χ4n) is 2.59. The monoisotopic (exact) mass is 371 g/mol. The minimum absolute atomic E-state index is 0.0200. The zero-order valence-corrected chi connectivity index (χ0v) is 14.5. The molecular weight excluding hydrogens is 355 g/mol. The first-order chi connectivity index (χ1) is 12.8. The number of carbonyl (C=O) groups excluding carboxylic acids is 1. The van der Waals surface area contributed by atoms with Gasteiger partial charge in [-0.1, -0.05) is 24.3 Å². The quantitative estimate of drug-likeness (QED) is 0.546. The van der Waals surface area contributed by atoms with Gasteiger partial charge in [-0.25, -0.2) is 0 Å². The van der Waals surface area contributed by atoms with Gasteiger partial charge in [-0.05, 0) is 42.8 Å². The molecule has 0 radical (unpaired) electrons. The molecule has 2 aromatic carbocycles. The largest absolute Gasteiger partial charge is 0.457 e. The van der Waals surface area contributed by atoms with E-state index in [9.17, 15) is 18.0 Å². The minimum Gasteiger partial charge on any atom is -0.457 e. The molecule has 0 aliphatic carbocycles. The van der Waals surface area contributed by atoms with Crippen LogP contribution in [0.4, 0.5) is 13.2 Å². The molecule has 0 saturated heterocycles. The summed E-state index contributed by atoms with van der Waals surface area (Å²) in [5.74, 6) is 0.761. The summed E-state index contributed by atoms with van der Waals surface area (Å²) in [5, 5.41) is 0. The highest BCUT2D eigenvalue weighted by atomic mass is 19.4. The van der Waals surface area contributed by atoms with Crippen LogP contribution in [0.2, 0.25) is 0 Å². The van der Waals surface area contributed by atoms with Crippen molar-refractivity contribution in [1.29, 1.82) is 0 Å². The average molecular weight is 371 g/mol. The van der Waals surface area contributed by atoms with E-state index in [2.05, 4.69) is 4.98 Å². The fraction of sp³-hybridized carbons (Fsp3) is 0.143. The topological polar surface area (TPSA) is 39.2 Å². The summed E-state index contributed by atoms with van der Waals surface area (Å²) in [4.78, 5) is 16.5. The van der Waals surface area contributed by atoms with Crippen molar-refractivity contribution in [2.24, 2.45) is 0 Å². The van der Waals surface area contributed by atoms with Gasteiger partial charge in [-0.15, -0.1) is 0 Å². The molecule has 0 fully saturated rings. The summed E-state index contributed by atoms with van der Waals surface area (Å²) in [6, 6.07) is 14.8. The van der Waals surface area contributed by atoms with Gasteiger partial charge in [0.15, 0.2) is 5.78 Å². The van der Waals surface area contributed by atoms with Crippen molar-refractivity contribution in [3.05, 3.63) is 89.2 Å². The third-order valence-corrected chi connectivity index (χ3v) is 3.88. The Balaban J connectivity index is 1.75. The predicted octanol–water partition coefficient (Wildman–Crippen LogP) is 5.63. The number of nitrogens with zero attached hydrogens (tertiary/aromatic N) is 1. The molecule has 27 heavy (non-hydrogen) atoms. The van der Waals surface area contributed by atoms with E-state index >= 15 is 0 Å². The predicted molar refractivity (Wildman–Crippen MR) is 95.0 cm³/mol. The molecule has 0 bridgehead atoms. The number of benzene rings is 2. The van der Waals surface area contributed by atoms with E-state index in [0.29, 0.717) is 17.1 Å². The lowest BCUT2D eigenvalue weighted by molar-refractivity contribution is -0.137. The number of alkyl halides is 3. The van der Waals surface area contributed by atoms with Crippen LogP contribution in [0.25, 0.3) is 0 Å². The van der Waals surface area contributed by atoms with Gasteiger partial charge in [0.2, 0.25) is 0 Å². The molecule has 138 valence electrons. The third-order valence-electron chi connectivity index (χ3n) is 3.88. The van der Waals surface area contributed by atoms with E-state index < -0.39 is 17.5 Å². The van der Waals surface area contributed by atoms with Crippen molar-refractivity contribution in [3.8, 4) is 11.5 Å². The molecule has 0 amide bonds. The van der Waals surface area contributed by atoms with Crippen LogP contribution in [0.3, 0.4) is 0 Å². The summed E-state index contributed by atoms with van der Waals surface area (Å²) < 4.78 is 44.2. The number of aromatic nitrogens is 1. The molecule has 3 aromatic rings. The Bertz CT molecular complexity index is 967. The summed E-state index contributed by atoms with van der Waals surface area (Å²) in [6.45, 7) is 1.84. The number of halogens is 3. The Morgan fingerprint density at radius 1 is 1.00 bits per heavy atom. The van der Waals surface area contributed by atoms with Crippen molar-refractivity contribution in [2.75, 3.05) is 0 Å². The van der Waals surface area contributed by atoms with Crippen molar-refractivity contribution in [1.82, 2.24) is 4.98 Å². The van der Waals surface area contributed by atoms with Gasteiger partial charge in [-0.2, -0.15) is 13.2 Å². The molecule has 0 saturated carbocycles. The van der Waals surface area contributed by atoms with Gasteiger partial charge < -0.3 is 4.74 Å². The van der Waals surface area contributed by atoms with Crippen LogP contribution < -0.4 is 4.74 Å².